The van der Waals surface area contributed by atoms with Crippen LogP contribution in [0.25, 0.3) is 11.3 Å². The zero-order valence-corrected chi connectivity index (χ0v) is 13.7. The SMILES string of the molecule is O=C(Cn1nc(-c2cccc(Br)c2)ccc1=O)c1ccccc1. The number of hydrogen-bond acceptors (Lipinski definition) is 3. The van der Waals surface area contributed by atoms with Gasteiger partial charge in [-0.2, -0.15) is 5.10 Å². The Balaban J connectivity index is 1.92. The molecule has 0 radical (unpaired) electrons. The van der Waals surface area contributed by atoms with Gasteiger partial charge in [0.15, 0.2) is 5.78 Å². The van der Waals surface area contributed by atoms with Crippen LogP contribution in [0.4, 0.5) is 0 Å². The van der Waals surface area contributed by atoms with Crippen LogP contribution in [0.2, 0.25) is 0 Å². The molecule has 3 rings (SSSR count). The Labute approximate surface area is 141 Å². The van der Waals surface area contributed by atoms with Crippen LogP contribution >= 0.6 is 15.9 Å². The van der Waals surface area contributed by atoms with Gasteiger partial charge >= 0.3 is 0 Å². The van der Waals surface area contributed by atoms with Crippen LogP contribution in [0, 0.1) is 0 Å². The van der Waals surface area contributed by atoms with E-state index < -0.39 is 0 Å². The van der Waals surface area contributed by atoms with Crippen molar-refractivity contribution >= 4 is 21.7 Å². The van der Waals surface area contributed by atoms with Gasteiger partial charge in [-0.25, -0.2) is 4.68 Å². The van der Waals surface area contributed by atoms with Gasteiger partial charge in [-0.05, 0) is 18.2 Å². The second-order valence-electron chi connectivity index (χ2n) is 5.01. The summed E-state index contributed by atoms with van der Waals surface area (Å²) in [5.41, 5.74) is 1.79. The molecule has 1 heterocycles. The van der Waals surface area contributed by atoms with Crippen molar-refractivity contribution in [2.24, 2.45) is 0 Å². The van der Waals surface area contributed by atoms with Crippen molar-refractivity contribution in [1.29, 1.82) is 0 Å². The molecule has 4 nitrogen and oxygen atoms in total. The van der Waals surface area contributed by atoms with Crippen molar-refractivity contribution in [2.45, 2.75) is 6.54 Å². The summed E-state index contributed by atoms with van der Waals surface area (Å²) in [7, 11) is 0. The van der Waals surface area contributed by atoms with Gasteiger partial charge in [0.25, 0.3) is 5.56 Å². The van der Waals surface area contributed by atoms with Crippen LogP contribution in [-0.2, 0) is 6.54 Å². The monoisotopic (exact) mass is 368 g/mol. The molecule has 2 aromatic carbocycles. The van der Waals surface area contributed by atoms with E-state index >= 15 is 0 Å². The fourth-order valence-corrected chi connectivity index (χ4v) is 2.61. The number of benzene rings is 2. The molecule has 0 aliphatic heterocycles. The maximum absolute atomic E-state index is 12.3. The van der Waals surface area contributed by atoms with E-state index in [1.807, 2.05) is 30.3 Å². The Morgan fingerprint density at radius 2 is 1.78 bits per heavy atom. The third-order valence-corrected chi connectivity index (χ3v) is 3.87. The highest BCUT2D eigenvalue weighted by Crippen LogP contribution is 2.20. The molecule has 0 saturated heterocycles. The van der Waals surface area contributed by atoms with Crippen LogP contribution in [-0.4, -0.2) is 15.6 Å². The number of Topliss-reactive ketones (excluding diaryl/α,β-unsaturated/α-hetero) is 1. The van der Waals surface area contributed by atoms with Crippen LogP contribution in [0.3, 0.4) is 0 Å². The largest absolute Gasteiger partial charge is 0.292 e. The first kappa shape index (κ1) is 15.4. The summed E-state index contributed by atoms with van der Waals surface area (Å²) < 4.78 is 2.13. The number of carbonyl (C=O) groups is 1. The van der Waals surface area contributed by atoms with Crippen LogP contribution in [0.5, 0.6) is 0 Å². The van der Waals surface area contributed by atoms with Crippen LogP contribution in [0.1, 0.15) is 10.4 Å². The molecule has 5 heteroatoms. The molecule has 23 heavy (non-hydrogen) atoms. The number of hydrogen-bond donors (Lipinski definition) is 0. The minimum Gasteiger partial charge on any atom is -0.292 e. The molecule has 0 aliphatic carbocycles. The van der Waals surface area contributed by atoms with Crippen molar-refractivity contribution in [2.75, 3.05) is 0 Å². The highest BCUT2D eigenvalue weighted by atomic mass is 79.9. The van der Waals surface area contributed by atoms with Crippen LogP contribution < -0.4 is 5.56 Å². The van der Waals surface area contributed by atoms with Crippen molar-refractivity contribution < 1.29 is 4.79 Å². The maximum atomic E-state index is 12.3. The normalized spacial score (nSPS) is 10.5. The number of carbonyl (C=O) groups excluding carboxylic acids is 1. The van der Waals surface area contributed by atoms with Gasteiger partial charge in [0.1, 0.15) is 6.54 Å². The van der Waals surface area contributed by atoms with Crippen LogP contribution in [0.15, 0.2) is 76.0 Å². The predicted octanol–water partition coefficient (Wildman–Crippen LogP) is 3.56. The minimum atomic E-state index is -0.298. The molecule has 114 valence electrons. The number of halogens is 1. The summed E-state index contributed by atoms with van der Waals surface area (Å²) in [6.07, 6.45) is 0. The molecule has 0 atom stereocenters. The lowest BCUT2D eigenvalue weighted by molar-refractivity contribution is 0.0966. The maximum Gasteiger partial charge on any atom is 0.267 e. The molecule has 0 bridgehead atoms. The summed E-state index contributed by atoms with van der Waals surface area (Å²) in [5, 5.41) is 4.31. The average molecular weight is 369 g/mol. The Bertz CT molecular complexity index is 904. The van der Waals surface area contributed by atoms with Gasteiger partial charge in [-0.3, -0.25) is 9.59 Å². The quantitative estimate of drug-likeness (QED) is 0.661. The molecule has 0 fully saturated rings. The zero-order chi connectivity index (χ0) is 16.2. The summed E-state index contributed by atoms with van der Waals surface area (Å²) in [6, 6.07) is 19.6. The standard InChI is InChI=1S/C18H13BrN2O2/c19-15-8-4-7-14(11-15)16-9-10-18(23)21(20-16)12-17(22)13-5-2-1-3-6-13/h1-11H,12H2. The fraction of sp³-hybridized carbons (Fsp3) is 0.0556. The first-order valence-electron chi connectivity index (χ1n) is 7.06. The second-order valence-corrected chi connectivity index (χ2v) is 5.93. The van der Waals surface area contributed by atoms with Gasteiger partial charge in [0, 0.05) is 21.7 Å². The first-order chi connectivity index (χ1) is 11.1. The first-order valence-corrected chi connectivity index (χ1v) is 7.85. The molecule has 0 amide bonds. The summed E-state index contributed by atoms with van der Waals surface area (Å²) >= 11 is 3.41. The molecule has 0 unspecified atom stereocenters. The third kappa shape index (κ3) is 3.63. The molecular formula is C18H13BrN2O2. The fourth-order valence-electron chi connectivity index (χ4n) is 2.22. The van der Waals surface area contributed by atoms with Crippen molar-refractivity contribution in [3.8, 4) is 11.3 Å². The molecule has 0 spiro atoms. The number of ketones is 1. The summed E-state index contributed by atoms with van der Waals surface area (Å²) in [4.78, 5) is 24.2. The van der Waals surface area contributed by atoms with E-state index in [0.29, 0.717) is 11.3 Å². The Kier molecular flexibility index (Phi) is 4.48. The Morgan fingerprint density at radius 1 is 1.00 bits per heavy atom. The lowest BCUT2D eigenvalue weighted by Crippen LogP contribution is -2.26. The van der Waals surface area contributed by atoms with E-state index in [1.165, 1.54) is 10.7 Å². The molecule has 3 aromatic rings. The van der Waals surface area contributed by atoms with Crippen molar-refractivity contribution in [1.82, 2.24) is 9.78 Å². The van der Waals surface area contributed by atoms with Gasteiger partial charge in [-0.1, -0.05) is 58.4 Å². The van der Waals surface area contributed by atoms with Gasteiger partial charge in [-0.15, -0.1) is 0 Å². The number of nitrogens with zero attached hydrogens (tertiary/aromatic N) is 2. The van der Waals surface area contributed by atoms with Gasteiger partial charge < -0.3 is 0 Å². The van der Waals surface area contributed by atoms with Crippen molar-refractivity contribution in [3.05, 3.63) is 87.1 Å². The smallest absolute Gasteiger partial charge is 0.267 e. The second kappa shape index (κ2) is 6.71. The zero-order valence-electron chi connectivity index (χ0n) is 12.1. The molecule has 0 saturated carbocycles. The highest BCUT2D eigenvalue weighted by molar-refractivity contribution is 9.10. The summed E-state index contributed by atoms with van der Waals surface area (Å²) in [5.74, 6) is -0.147. The third-order valence-electron chi connectivity index (χ3n) is 3.38. The topological polar surface area (TPSA) is 52.0 Å². The lowest BCUT2D eigenvalue weighted by Gasteiger charge is -2.07. The number of aromatic nitrogens is 2. The minimum absolute atomic E-state index is 0.0787. The predicted molar refractivity (Wildman–Crippen MR) is 92.4 cm³/mol. The van der Waals surface area contributed by atoms with Gasteiger partial charge in [0.2, 0.25) is 0 Å². The van der Waals surface area contributed by atoms with E-state index in [4.69, 9.17) is 0 Å². The van der Waals surface area contributed by atoms with Gasteiger partial charge in [0.05, 0.1) is 5.69 Å². The highest BCUT2D eigenvalue weighted by Gasteiger charge is 2.10. The van der Waals surface area contributed by atoms with Crippen molar-refractivity contribution in [3.63, 3.8) is 0 Å². The molecule has 1 aromatic heterocycles. The van der Waals surface area contributed by atoms with E-state index in [0.717, 1.165) is 10.0 Å². The number of rotatable bonds is 4. The molecule has 0 aliphatic rings. The molecular weight excluding hydrogens is 356 g/mol. The Morgan fingerprint density at radius 3 is 2.52 bits per heavy atom. The summed E-state index contributed by atoms with van der Waals surface area (Å²) in [6.45, 7) is -0.0787. The Hall–Kier alpha value is -2.53. The van der Waals surface area contributed by atoms with E-state index in [9.17, 15) is 9.59 Å². The lowest BCUT2D eigenvalue weighted by atomic mass is 10.1. The van der Waals surface area contributed by atoms with E-state index in [-0.39, 0.29) is 17.9 Å². The van der Waals surface area contributed by atoms with E-state index in [1.54, 1.807) is 30.3 Å². The van der Waals surface area contributed by atoms with E-state index in [2.05, 4.69) is 21.0 Å². The molecule has 0 N–H and O–H groups in total. The average Bonchev–Trinajstić information content (AvgIpc) is 2.57.